The molecule has 1 aliphatic heterocycles. The molecule has 1 amide bonds. The third kappa shape index (κ3) is 7.40. The molecule has 0 aromatic heterocycles. The molecule has 206 valence electrons. The number of nitrogens with one attached hydrogen (secondary N) is 1. The number of amides is 1. The number of aryl methyl sites for hydroxylation is 1. The van der Waals surface area contributed by atoms with Gasteiger partial charge in [-0.3, -0.25) is 4.79 Å². The quantitative estimate of drug-likeness (QED) is 0.242. The van der Waals surface area contributed by atoms with Crippen molar-refractivity contribution in [3.8, 4) is 0 Å². The fourth-order valence-electron chi connectivity index (χ4n) is 4.92. The van der Waals surface area contributed by atoms with Gasteiger partial charge in [0.2, 0.25) is 5.91 Å². The molecule has 6 atom stereocenters. The van der Waals surface area contributed by atoms with Gasteiger partial charge in [0.05, 0.1) is 30.6 Å². The number of aliphatic hydroxyl groups excluding tert-OH is 6. The Hall–Kier alpha value is -2.27. The van der Waals surface area contributed by atoms with Crippen LogP contribution in [-0.4, -0.2) is 85.8 Å². The molecule has 9 heteroatoms. The summed E-state index contributed by atoms with van der Waals surface area (Å²) in [5.41, 5.74) is 3.53. The predicted octanol–water partition coefficient (Wildman–Crippen LogP) is 1.06. The average Bonchev–Trinajstić information content (AvgIpc) is 2.85. The molecule has 0 radical (unpaired) electrons. The van der Waals surface area contributed by atoms with Crippen LogP contribution in [0.5, 0.6) is 0 Å². The first-order valence-corrected chi connectivity index (χ1v) is 12.8. The van der Waals surface area contributed by atoms with E-state index < -0.39 is 48.6 Å². The molecule has 1 saturated heterocycles. The summed E-state index contributed by atoms with van der Waals surface area (Å²) in [7, 11) is 0. The van der Waals surface area contributed by atoms with E-state index in [1.54, 1.807) is 19.9 Å². The second kappa shape index (κ2) is 12.5. The van der Waals surface area contributed by atoms with E-state index in [1.165, 1.54) is 0 Å². The molecule has 1 unspecified atom stereocenters. The van der Waals surface area contributed by atoms with Gasteiger partial charge in [-0.2, -0.15) is 0 Å². The third-order valence-corrected chi connectivity index (χ3v) is 7.28. The SMILES string of the molecule is CC1=C(Cc2ccc(CCCC(=O)NC(C)(C)CO)cc2)CC([C@@H]2O[C@H](CO)[C@@H](O)[C@H](O)[C@H]2O)C(O)=C1. The first-order valence-electron chi connectivity index (χ1n) is 12.8. The molecule has 0 bridgehead atoms. The van der Waals surface area contributed by atoms with Crippen LogP contribution in [0.25, 0.3) is 0 Å². The van der Waals surface area contributed by atoms with Crippen LogP contribution < -0.4 is 5.32 Å². The highest BCUT2D eigenvalue weighted by Gasteiger charge is 2.47. The molecule has 1 aromatic rings. The van der Waals surface area contributed by atoms with Crippen molar-refractivity contribution >= 4 is 5.91 Å². The number of carbonyl (C=O) groups is 1. The van der Waals surface area contributed by atoms with Gasteiger partial charge in [-0.1, -0.05) is 29.8 Å². The molecule has 0 saturated carbocycles. The van der Waals surface area contributed by atoms with Gasteiger partial charge in [-0.15, -0.1) is 0 Å². The molecule has 1 heterocycles. The Morgan fingerprint density at radius 3 is 2.32 bits per heavy atom. The van der Waals surface area contributed by atoms with Crippen LogP contribution in [0.3, 0.4) is 0 Å². The van der Waals surface area contributed by atoms with Gasteiger partial charge in [-0.25, -0.2) is 0 Å². The van der Waals surface area contributed by atoms with E-state index in [0.29, 0.717) is 25.7 Å². The zero-order chi connectivity index (χ0) is 27.3. The number of hydrogen-bond donors (Lipinski definition) is 7. The highest BCUT2D eigenvalue weighted by Crippen LogP contribution is 2.37. The normalized spacial score (nSPS) is 28.7. The highest BCUT2D eigenvalue weighted by molar-refractivity contribution is 5.76. The Morgan fingerprint density at radius 1 is 1.05 bits per heavy atom. The average molecular weight is 520 g/mol. The molecule has 37 heavy (non-hydrogen) atoms. The predicted molar refractivity (Wildman–Crippen MR) is 138 cm³/mol. The topological polar surface area (TPSA) is 160 Å². The zero-order valence-electron chi connectivity index (χ0n) is 21.8. The summed E-state index contributed by atoms with van der Waals surface area (Å²) in [5.74, 6) is -0.667. The fraction of sp³-hybridized carbons (Fsp3) is 0.607. The number of benzene rings is 1. The molecular formula is C28H41NO8. The molecule has 7 N–H and O–H groups in total. The molecular weight excluding hydrogens is 478 g/mol. The zero-order valence-corrected chi connectivity index (χ0v) is 21.8. The maximum atomic E-state index is 12.1. The molecule has 1 fully saturated rings. The minimum absolute atomic E-state index is 0.0346. The lowest BCUT2D eigenvalue weighted by Gasteiger charge is -2.43. The van der Waals surface area contributed by atoms with Gasteiger partial charge in [0.1, 0.15) is 24.4 Å². The van der Waals surface area contributed by atoms with E-state index in [0.717, 1.165) is 28.7 Å². The van der Waals surface area contributed by atoms with E-state index in [2.05, 4.69) is 5.32 Å². The lowest BCUT2D eigenvalue weighted by atomic mass is 9.78. The van der Waals surface area contributed by atoms with Crippen molar-refractivity contribution in [1.29, 1.82) is 0 Å². The van der Waals surface area contributed by atoms with E-state index in [1.807, 2.05) is 31.2 Å². The van der Waals surface area contributed by atoms with Crippen molar-refractivity contribution in [3.63, 3.8) is 0 Å². The molecule has 3 rings (SSSR count). The van der Waals surface area contributed by atoms with Crippen LogP contribution in [-0.2, 0) is 22.4 Å². The van der Waals surface area contributed by atoms with Gasteiger partial charge < -0.3 is 40.7 Å². The van der Waals surface area contributed by atoms with Gasteiger partial charge in [0.25, 0.3) is 0 Å². The number of carbonyl (C=O) groups excluding carboxylic acids is 1. The summed E-state index contributed by atoms with van der Waals surface area (Å²) in [6, 6.07) is 8.13. The van der Waals surface area contributed by atoms with E-state index >= 15 is 0 Å². The van der Waals surface area contributed by atoms with Crippen molar-refractivity contribution in [2.45, 2.75) is 88.9 Å². The minimum atomic E-state index is -1.49. The van der Waals surface area contributed by atoms with Crippen LogP contribution in [0, 0.1) is 5.92 Å². The van der Waals surface area contributed by atoms with Crippen LogP contribution in [0.4, 0.5) is 0 Å². The standard InChI is InChI=1S/C28H41NO8/c1-16-11-21(32)20(27-26(36)25(35)24(34)22(14-30)37-27)13-19(16)12-18-9-7-17(8-10-18)5-4-6-23(33)29-28(2,3)15-31/h7-11,20,22,24-27,30-32,34-36H,4-6,12-15H2,1-3H3,(H,29,33)/t20?,22-,24-,25+,26-,27+/m1/s1. The fourth-order valence-corrected chi connectivity index (χ4v) is 4.92. The first-order chi connectivity index (χ1) is 17.5. The summed E-state index contributed by atoms with van der Waals surface area (Å²) in [6.07, 6.45) is -1.83. The Morgan fingerprint density at radius 2 is 1.70 bits per heavy atom. The largest absolute Gasteiger partial charge is 0.512 e. The van der Waals surface area contributed by atoms with Crippen LogP contribution in [0.15, 0.2) is 47.2 Å². The van der Waals surface area contributed by atoms with E-state index in [-0.39, 0.29) is 18.3 Å². The second-order valence-electron chi connectivity index (χ2n) is 10.9. The Balaban J connectivity index is 1.59. The second-order valence-corrected chi connectivity index (χ2v) is 10.9. The maximum Gasteiger partial charge on any atom is 0.220 e. The first kappa shape index (κ1) is 29.3. The Bertz CT molecular complexity index is 984. The monoisotopic (exact) mass is 519 g/mol. The van der Waals surface area contributed by atoms with Crippen molar-refractivity contribution < 1.29 is 40.2 Å². The van der Waals surface area contributed by atoms with Crippen molar-refractivity contribution in [2.24, 2.45) is 5.92 Å². The molecule has 1 aromatic carbocycles. The van der Waals surface area contributed by atoms with Gasteiger partial charge in [0.15, 0.2) is 0 Å². The van der Waals surface area contributed by atoms with Crippen molar-refractivity contribution in [2.75, 3.05) is 13.2 Å². The van der Waals surface area contributed by atoms with Crippen LogP contribution in [0.1, 0.15) is 51.2 Å². The van der Waals surface area contributed by atoms with Gasteiger partial charge in [-0.05, 0) is 69.2 Å². The summed E-state index contributed by atoms with van der Waals surface area (Å²) in [5, 5.41) is 63.0. The van der Waals surface area contributed by atoms with Crippen molar-refractivity contribution in [1.82, 2.24) is 5.32 Å². The number of rotatable bonds is 10. The lowest BCUT2D eigenvalue weighted by molar-refractivity contribution is -0.240. The van der Waals surface area contributed by atoms with E-state index in [9.17, 15) is 35.4 Å². The Labute approximate surface area is 218 Å². The number of hydrogen-bond acceptors (Lipinski definition) is 8. The van der Waals surface area contributed by atoms with Crippen LogP contribution >= 0.6 is 0 Å². The van der Waals surface area contributed by atoms with Crippen molar-refractivity contribution in [3.05, 3.63) is 58.4 Å². The smallest absolute Gasteiger partial charge is 0.220 e. The summed E-state index contributed by atoms with van der Waals surface area (Å²) < 4.78 is 5.70. The number of ether oxygens (including phenoxy) is 1. The molecule has 2 aliphatic rings. The number of aliphatic hydroxyl groups is 6. The molecule has 9 nitrogen and oxygen atoms in total. The van der Waals surface area contributed by atoms with Gasteiger partial charge >= 0.3 is 0 Å². The summed E-state index contributed by atoms with van der Waals surface area (Å²) in [4.78, 5) is 12.1. The Kier molecular flexibility index (Phi) is 9.91. The molecule has 0 spiro atoms. The van der Waals surface area contributed by atoms with Crippen LogP contribution in [0.2, 0.25) is 0 Å². The third-order valence-electron chi connectivity index (χ3n) is 7.28. The summed E-state index contributed by atoms with van der Waals surface area (Å²) >= 11 is 0. The molecule has 1 aliphatic carbocycles. The highest BCUT2D eigenvalue weighted by atomic mass is 16.5. The number of allylic oxidation sites excluding steroid dienone is 3. The summed E-state index contributed by atoms with van der Waals surface area (Å²) in [6.45, 7) is 4.83. The lowest BCUT2D eigenvalue weighted by Crippen LogP contribution is -2.60. The maximum absolute atomic E-state index is 12.1. The van der Waals surface area contributed by atoms with E-state index in [4.69, 9.17) is 4.74 Å². The van der Waals surface area contributed by atoms with Gasteiger partial charge in [0, 0.05) is 12.3 Å². The minimum Gasteiger partial charge on any atom is -0.512 e.